The van der Waals surface area contributed by atoms with Crippen molar-refractivity contribution in [3.8, 4) is 0 Å². The van der Waals surface area contributed by atoms with Gasteiger partial charge in [0.05, 0.1) is 34.6 Å². The van der Waals surface area contributed by atoms with E-state index in [1.165, 1.54) is 12.1 Å². The lowest BCUT2D eigenvalue weighted by molar-refractivity contribution is -0.136. The maximum absolute atomic E-state index is 13.4. The standard InChI is InChI=1S/C19H22ClF3N4O/c1-10(2)15(9-28)25-18-24-14(11-6-7-11)8-16(27-18)26-17-12(19(21,22)23)4-3-5-13(17)20/h3-5,8,10-11,15,28H,6-7,9H2,1-2H3,(H2,24,25,26,27)/t15-/m0/s1. The second-order valence-electron chi connectivity index (χ2n) is 7.24. The summed E-state index contributed by atoms with van der Waals surface area (Å²) < 4.78 is 40.1. The molecular formula is C19H22ClF3N4O. The molecule has 1 heterocycles. The van der Waals surface area contributed by atoms with Crippen LogP contribution in [0.2, 0.25) is 5.02 Å². The summed E-state index contributed by atoms with van der Waals surface area (Å²) in [5, 5.41) is 15.3. The number of aliphatic hydroxyl groups is 1. The van der Waals surface area contributed by atoms with Gasteiger partial charge in [0.2, 0.25) is 5.95 Å². The molecule has 0 aliphatic heterocycles. The van der Waals surface area contributed by atoms with Crippen molar-refractivity contribution in [3.63, 3.8) is 0 Å². The second kappa shape index (κ2) is 8.13. The Balaban J connectivity index is 1.97. The van der Waals surface area contributed by atoms with Gasteiger partial charge >= 0.3 is 6.18 Å². The molecular weight excluding hydrogens is 393 g/mol. The van der Waals surface area contributed by atoms with E-state index in [2.05, 4.69) is 20.6 Å². The number of aromatic nitrogens is 2. The topological polar surface area (TPSA) is 70.1 Å². The number of alkyl halides is 3. The van der Waals surface area contributed by atoms with Crippen LogP contribution in [0.5, 0.6) is 0 Å². The average Bonchev–Trinajstić information content (AvgIpc) is 3.45. The van der Waals surface area contributed by atoms with E-state index in [4.69, 9.17) is 11.6 Å². The number of rotatable bonds is 7. The van der Waals surface area contributed by atoms with E-state index in [0.29, 0.717) is 0 Å². The average molecular weight is 415 g/mol. The van der Waals surface area contributed by atoms with Gasteiger partial charge in [0.1, 0.15) is 5.82 Å². The SMILES string of the molecule is CC(C)[C@H](CO)Nc1nc(Nc2c(Cl)cccc2C(F)(F)F)cc(C2CC2)n1. The fourth-order valence-corrected chi connectivity index (χ4v) is 3.01. The number of hydrogen-bond acceptors (Lipinski definition) is 5. The van der Waals surface area contributed by atoms with E-state index in [1.54, 1.807) is 6.07 Å². The number of para-hydroxylation sites is 1. The van der Waals surface area contributed by atoms with Crippen LogP contribution in [0.3, 0.4) is 0 Å². The number of nitrogens with one attached hydrogen (secondary N) is 2. The minimum absolute atomic E-state index is 0.0497. The Morgan fingerprint density at radius 1 is 1.25 bits per heavy atom. The molecule has 0 saturated heterocycles. The van der Waals surface area contributed by atoms with Gasteiger partial charge in [-0.3, -0.25) is 0 Å². The van der Waals surface area contributed by atoms with Crippen LogP contribution in [0.25, 0.3) is 0 Å². The van der Waals surface area contributed by atoms with Crippen LogP contribution in [-0.2, 0) is 6.18 Å². The molecule has 0 amide bonds. The van der Waals surface area contributed by atoms with Gasteiger partial charge in [0, 0.05) is 12.0 Å². The van der Waals surface area contributed by atoms with Gasteiger partial charge in [-0.1, -0.05) is 31.5 Å². The van der Waals surface area contributed by atoms with Crippen molar-refractivity contribution >= 4 is 29.1 Å². The molecule has 1 aromatic carbocycles. The van der Waals surface area contributed by atoms with Crippen LogP contribution in [0, 0.1) is 5.92 Å². The molecule has 9 heteroatoms. The smallest absolute Gasteiger partial charge is 0.394 e. The quantitative estimate of drug-likeness (QED) is 0.581. The Morgan fingerprint density at radius 2 is 1.96 bits per heavy atom. The lowest BCUT2D eigenvalue weighted by Gasteiger charge is -2.21. The summed E-state index contributed by atoms with van der Waals surface area (Å²) in [6.45, 7) is 3.77. The third-order valence-corrected chi connectivity index (χ3v) is 4.94. The molecule has 1 atom stereocenters. The third kappa shape index (κ3) is 4.86. The highest BCUT2D eigenvalue weighted by atomic mass is 35.5. The van der Waals surface area contributed by atoms with Crippen LogP contribution in [0.15, 0.2) is 24.3 Å². The number of anilines is 3. The van der Waals surface area contributed by atoms with Crippen LogP contribution >= 0.6 is 11.6 Å². The van der Waals surface area contributed by atoms with E-state index >= 15 is 0 Å². The van der Waals surface area contributed by atoms with Crippen LogP contribution < -0.4 is 10.6 Å². The van der Waals surface area contributed by atoms with E-state index in [0.717, 1.165) is 24.6 Å². The predicted molar refractivity (Wildman–Crippen MR) is 103 cm³/mol. The van der Waals surface area contributed by atoms with Gasteiger partial charge in [-0.2, -0.15) is 18.2 Å². The normalized spacial score (nSPS) is 15.6. The first-order valence-electron chi connectivity index (χ1n) is 9.08. The van der Waals surface area contributed by atoms with Gasteiger partial charge in [-0.25, -0.2) is 4.98 Å². The molecule has 3 N–H and O–H groups in total. The lowest BCUT2D eigenvalue weighted by Crippen LogP contribution is -2.30. The third-order valence-electron chi connectivity index (χ3n) is 4.63. The molecule has 1 fully saturated rings. The molecule has 2 aromatic rings. The molecule has 0 unspecified atom stereocenters. The Morgan fingerprint density at radius 3 is 2.54 bits per heavy atom. The molecule has 1 aliphatic rings. The first-order valence-corrected chi connectivity index (χ1v) is 9.46. The summed E-state index contributed by atoms with van der Waals surface area (Å²) >= 11 is 6.03. The number of halogens is 4. The van der Waals surface area contributed by atoms with E-state index in [9.17, 15) is 18.3 Å². The van der Waals surface area contributed by atoms with Crippen molar-refractivity contribution < 1.29 is 18.3 Å². The summed E-state index contributed by atoms with van der Waals surface area (Å²) in [6, 6.07) is 5.00. The molecule has 5 nitrogen and oxygen atoms in total. The fourth-order valence-electron chi connectivity index (χ4n) is 2.79. The summed E-state index contributed by atoms with van der Waals surface area (Å²) in [7, 11) is 0. The first kappa shape index (κ1) is 20.7. The Labute approximate surface area is 166 Å². The molecule has 0 radical (unpaired) electrons. The van der Waals surface area contributed by atoms with Gasteiger partial charge in [-0.15, -0.1) is 0 Å². The maximum atomic E-state index is 13.4. The Kier molecular flexibility index (Phi) is 6.00. The van der Waals surface area contributed by atoms with Gasteiger partial charge in [0.25, 0.3) is 0 Å². The molecule has 28 heavy (non-hydrogen) atoms. The summed E-state index contributed by atoms with van der Waals surface area (Å²) in [5.41, 5.74) is -0.358. The monoisotopic (exact) mass is 414 g/mol. The van der Waals surface area contributed by atoms with Gasteiger partial charge in [-0.05, 0) is 30.9 Å². The van der Waals surface area contributed by atoms with E-state index in [-0.39, 0.29) is 47.0 Å². The zero-order valence-corrected chi connectivity index (χ0v) is 16.3. The fraction of sp³-hybridized carbons (Fsp3) is 0.474. The minimum Gasteiger partial charge on any atom is -0.394 e. The molecule has 0 spiro atoms. The van der Waals surface area contributed by atoms with E-state index in [1.807, 2.05) is 13.8 Å². The molecule has 3 rings (SSSR count). The number of hydrogen-bond donors (Lipinski definition) is 3. The van der Waals surface area contributed by atoms with Crippen LogP contribution in [0.1, 0.15) is 43.9 Å². The number of nitrogens with zero attached hydrogens (tertiary/aromatic N) is 2. The Bertz CT molecular complexity index is 840. The van der Waals surface area contributed by atoms with Gasteiger partial charge < -0.3 is 15.7 Å². The Hall–Kier alpha value is -2.06. The molecule has 1 saturated carbocycles. The van der Waals surface area contributed by atoms with Crippen molar-refractivity contribution in [3.05, 3.63) is 40.5 Å². The van der Waals surface area contributed by atoms with Crippen molar-refractivity contribution in [1.82, 2.24) is 9.97 Å². The maximum Gasteiger partial charge on any atom is 0.418 e. The van der Waals surface area contributed by atoms with Crippen molar-refractivity contribution in [2.24, 2.45) is 5.92 Å². The van der Waals surface area contributed by atoms with Crippen LogP contribution in [0.4, 0.5) is 30.6 Å². The van der Waals surface area contributed by atoms with Crippen LogP contribution in [-0.4, -0.2) is 27.7 Å². The summed E-state index contributed by atoms with van der Waals surface area (Å²) in [4.78, 5) is 8.78. The summed E-state index contributed by atoms with van der Waals surface area (Å²) in [5.74, 6) is 0.873. The minimum atomic E-state index is -4.56. The zero-order chi connectivity index (χ0) is 20.5. The molecule has 152 valence electrons. The van der Waals surface area contributed by atoms with Crippen molar-refractivity contribution in [2.45, 2.75) is 44.8 Å². The molecule has 1 aromatic heterocycles. The highest BCUT2D eigenvalue weighted by Crippen LogP contribution is 2.42. The molecule has 1 aliphatic carbocycles. The highest BCUT2D eigenvalue weighted by molar-refractivity contribution is 6.33. The highest BCUT2D eigenvalue weighted by Gasteiger charge is 2.35. The van der Waals surface area contributed by atoms with E-state index < -0.39 is 11.7 Å². The summed E-state index contributed by atoms with van der Waals surface area (Å²) in [6.07, 6.45) is -2.60. The first-order chi connectivity index (χ1) is 13.2. The van der Waals surface area contributed by atoms with Crippen molar-refractivity contribution in [2.75, 3.05) is 17.2 Å². The second-order valence-corrected chi connectivity index (χ2v) is 7.65. The number of aliphatic hydroxyl groups excluding tert-OH is 1. The lowest BCUT2D eigenvalue weighted by atomic mass is 10.1. The number of benzene rings is 1. The predicted octanol–water partition coefficient (Wildman–Crippen LogP) is 5.20. The van der Waals surface area contributed by atoms with Gasteiger partial charge in [0.15, 0.2) is 0 Å². The zero-order valence-electron chi connectivity index (χ0n) is 15.5. The molecule has 0 bridgehead atoms. The largest absolute Gasteiger partial charge is 0.418 e. The van der Waals surface area contributed by atoms with Crippen molar-refractivity contribution in [1.29, 1.82) is 0 Å².